The first-order valence-electron chi connectivity index (χ1n) is 3.35. The molecule has 0 fully saturated rings. The van der Waals surface area contributed by atoms with Crippen LogP contribution in [0.25, 0.3) is 0 Å². The zero-order valence-corrected chi connectivity index (χ0v) is 6.01. The van der Waals surface area contributed by atoms with E-state index >= 15 is 0 Å². The first-order valence-corrected chi connectivity index (χ1v) is 3.35. The normalized spacial score (nSPS) is 13.5. The average molecular weight is 148 g/mol. The van der Waals surface area contributed by atoms with Crippen molar-refractivity contribution in [1.29, 1.82) is 0 Å². The fourth-order valence-corrected chi connectivity index (χ4v) is 0.678. The van der Waals surface area contributed by atoms with Crippen LogP contribution >= 0.6 is 0 Å². The van der Waals surface area contributed by atoms with E-state index in [0.29, 0.717) is 0 Å². The minimum absolute atomic E-state index is 0.00616. The van der Waals surface area contributed by atoms with E-state index in [1.165, 1.54) is 0 Å². The van der Waals surface area contributed by atoms with Gasteiger partial charge in [0.05, 0.1) is 6.61 Å². The summed E-state index contributed by atoms with van der Waals surface area (Å²) in [7, 11) is 0. The molecular weight excluding hydrogens is 132 g/mol. The third-order valence-corrected chi connectivity index (χ3v) is 1.33. The maximum Gasteiger partial charge on any atom is 0.0598 e. The molecule has 0 saturated carbocycles. The Morgan fingerprint density at radius 2 is 2.10 bits per heavy atom. The molecule has 0 aromatic heterocycles. The SMILES string of the molecule is NNCCCC(CO)NN. The van der Waals surface area contributed by atoms with Crippen LogP contribution in [0.3, 0.4) is 0 Å². The summed E-state index contributed by atoms with van der Waals surface area (Å²) < 4.78 is 0. The molecule has 0 rings (SSSR count). The standard InChI is InChI=1S/C5H16N4O/c6-8-3-1-2-5(4-10)9-7/h5,8-10H,1-4,6-7H2. The first kappa shape index (κ1) is 9.80. The summed E-state index contributed by atoms with van der Waals surface area (Å²) in [6.07, 6.45) is 1.74. The lowest BCUT2D eigenvalue weighted by Crippen LogP contribution is -2.38. The molecule has 0 aromatic rings. The van der Waals surface area contributed by atoms with Gasteiger partial charge in [-0.1, -0.05) is 0 Å². The molecule has 0 radical (unpaired) electrons. The summed E-state index contributed by atoms with van der Waals surface area (Å²) in [5, 5.41) is 8.63. The summed E-state index contributed by atoms with van der Waals surface area (Å²) in [5.41, 5.74) is 5.01. The maximum atomic E-state index is 8.63. The van der Waals surface area contributed by atoms with Crippen molar-refractivity contribution in [3.63, 3.8) is 0 Å². The zero-order chi connectivity index (χ0) is 7.82. The van der Waals surface area contributed by atoms with Crippen molar-refractivity contribution >= 4 is 0 Å². The van der Waals surface area contributed by atoms with Gasteiger partial charge in [-0.05, 0) is 12.8 Å². The molecule has 0 spiro atoms. The molecule has 1 atom stereocenters. The predicted octanol–water partition coefficient (Wildman–Crippen LogP) is -1.95. The topological polar surface area (TPSA) is 96.3 Å². The summed E-state index contributed by atoms with van der Waals surface area (Å²) >= 11 is 0. The first-order chi connectivity index (χ1) is 4.85. The molecule has 0 amide bonds. The molecule has 0 aliphatic carbocycles. The van der Waals surface area contributed by atoms with Crippen LogP contribution in [0.2, 0.25) is 0 Å². The summed E-state index contributed by atoms with van der Waals surface area (Å²) in [6, 6.07) is -0.00616. The van der Waals surface area contributed by atoms with Crippen LogP contribution < -0.4 is 22.5 Å². The molecule has 0 aliphatic heterocycles. The van der Waals surface area contributed by atoms with Gasteiger partial charge in [-0.3, -0.25) is 22.5 Å². The quantitative estimate of drug-likeness (QED) is 0.171. The van der Waals surface area contributed by atoms with Gasteiger partial charge in [-0.15, -0.1) is 0 Å². The molecule has 0 aliphatic rings. The largest absolute Gasteiger partial charge is 0.395 e. The summed E-state index contributed by atoms with van der Waals surface area (Å²) in [6.45, 7) is 0.819. The monoisotopic (exact) mass is 148 g/mol. The van der Waals surface area contributed by atoms with Crippen LogP contribution in [0.4, 0.5) is 0 Å². The molecule has 0 heterocycles. The van der Waals surface area contributed by atoms with Gasteiger partial charge >= 0.3 is 0 Å². The number of rotatable bonds is 6. The molecule has 5 heteroatoms. The van der Waals surface area contributed by atoms with Gasteiger partial charge in [0.1, 0.15) is 0 Å². The van der Waals surface area contributed by atoms with Crippen LogP contribution in [-0.4, -0.2) is 24.3 Å². The van der Waals surface area contributed by atoms with Crippen molar-refractivity contribution in [3.8, 4) is 0 Å². The highest BCUT2D eigenvalue weighted by Gasteiger charge is 2.01. The van der Waals surface area contributed by atoms with Crippen LogP contribution in [0.15, 0.2) is 0 Å². The third-order valence-electron chi connectivity index (χ3n) is 1.33. The second kappa shape index (κ2) is 6.91. The molecule has 0 aromatic carbocycles. The van der Waals surface area contributed by atoms with Crippen LogP contribution in [0.5, 0.6) is 0 Å². The van der Waals surface area contributed by atoms with Crippen molar-refractivity contribution in [2.75, 3.05) is 13.2 Å². The Kier molecular flexibility index (Phi) is 6.78. The Morgan fingerprint density at radius 1 is 1.40 bits per heavy atom. The number of hydrazine groups is 2. The van der Waals surface area contributed by atoms with Crippen molar-refractivity contribution < 1.29 is 5.11 Å². The molecule has 0 saturated heterocycles. The fraction of sp³-hybridized carbons (Fsp3) is 1.00. The Hall–Kier alpha value is -0.200. The van der Waals surface area contributed by atoms with Crippen molar-refractivity contribution in [1.82, 2.24) is 10.9 Å². The minimum Gasteiger partial charge on any atom is -0.395 e. The average Bonchev–Trinajstić information content (AvgIpc) is 1.99. The van der Waals surface area contributed by atoms with Crippen molar-refractivity contribution in [2.45, 2.75) is 18.9 Å². The van der Waals surface area contributed by atoms with Crippen molar-refractivity contribution in [3.05, 3.63) is 0 Å². The minimum atomic E-state index is -0.00616. The molecule has 10 heavy (non-hydrogen) atoms. The number of hydrogen-bond acceptors (Lipinski definition) is 5. The van der Waals surface area contributed by atoms with E-state index in [2.05, 4.69) is 10.9 Å². The van der Waals surface area contributed by atoms with Crippen LogP contribution in [0.1, 0.15) is 12.8 Å². The summed E-state index contributed by atoms with van der Waals surface area (Å²) in [5.74, 6) is 10.1. The Balaban J connectivity index is 3.09. The lowest BCUT2D eigenvalue weighted by atomic mass is 10.2. The van der Waals surface area contributed by atoms with E-state index in [9.17, 15) is 0 Å². The third kappa shape index (κ3) is 4.66. The van der Waals surface area contributed by atoms with E-state index in [0.717, 1.165) is 19.4 Å². The van der Waals surface area contributed by atoms with Gasteiger partial charge in [0.15, 0.2) is 0 Å². The molecule has 0 bridgehead atoms. The van der Waals surface area contributed by atoms with Gasteiger partial charge in [0.25, 0.3) is 0 Å². The number of hydrogen-bond donors (Lipinski definition) is 5. The predicted molar refractivity (Wildman–Crippen MR) is 39.6 cm³/mol. The van der Waals surface area contributed by atoms with Gasteiger partial charge < -0.3 is 5.11 Å². The maximum absolute atomic E-state index is 8.63. The molecule has 7 N–H and O–H groups in total. The van der Waals surface area contributed by atoms with Crippen molar-refractivity contribution in [2.24, 2.45) is 11.7 Å². The molecular formula is C5H16N4O. The van der Waals surface area contributed by atoms with Crippen LogP contribution in [0, 0.1) is 0 Å². The lowest BCUT2D eigenvalue weighted by molar-refractivity contribution is 0.234. The van der Waals surface area contributed by atoms with E-state index < -0.39 is 0 Å². The van der Waals surface area contributed by atoms with E-state index in [1.54, 1.807) is 0 Å². The van der Waals surface area contributed by atoms with E-state index in [4.69, 9.17) is 16.8 Å². The highest BCUT2D eigenvalue weighted by molar-refractivity contribution is 4.60. The zero-order valence-electron chi connectivity index (χ0n) is 6.01. The fourth-order valence-electron chi connectivity index (χ4n) is 0.678. The van der Waals surface area contributed by atoms with E-state index in [1.807, 2.05) is 0 Å². The highest BCUT2D eigenvalue weighted by Crippen LogP contribution is 1.92. The highest BCUT2D eigenvalue weighted by atomic mass is 16.3. The second-order valence-electron chi connectivity index (χ2n) is 2.14. The number of nitrogens with one attached hydrogen (secondary N) is 2. The van der Waals surface area contributed by atoms with Gasteiger partial charge in [-0.25, -0.2) is 0 Å². The number of aliphatic hydroxyl groups excluding tert-OH is 1. The Bertz CT molecular complexity index is 66.7. The van der Waals surface area contributed by atoms with Crippen LogP contribution in [-0.2, 0) is 0 Å². The number of nitrogens with two attached hydrogens (primary N) is 2. The lowest BCUT2D eigenvalue weighted by Gasteiger charge is -2.11. The number of aliphatic hydroxyl groups is 1. The molecule has 5 nitrogen and oxygen atoms in total. The van der Waals surface area contributed by atoms with E-state index in [-0.39, 0.29) is 12.6 Å². The smallest absolute Gasteiger partial charge is 0.0598 e. The summed E-state index contributed by atoms with van der Waals surface area (Å²) in [4.78, 5) is 0. The van der Waals surface area contributed by atoms with Gasteiger partial charge in [0, 0.05) is 12.6 Å². The Labute approximate surface area is 60.7 Å². The van der Waals surface area contributed by atoms with Gasteiger partial charge in [-0.2, -0.15) is 0 Å². The molecule has 1 unspecified atom stereocenters. The Morgan fingerprint density at radius 3 is 2.50 bits per heavy atom. The van der Waals surface area contributed by atoms with Gasteiger partial charge in [0.2, 0.25) is 0 Å². The second-order valence-corrected chi connectivity index (χ2v) is 2.14. The molecule has 62 valence electrons.